The maximum absolute atomic E-state index is 12.8. The molecule has 3 N–H and O–H groups in total. The molecule has 0 radical (unpaired) electrons. The summed E-state index contributed by atoms with van der Waals surface area (Å²) in [4.78, 5) is 37.6. The lowest BCUT2D eigenvalue weighted by Gasteiger charge is -2.26. The van der Waals surface area contributed by atoms with Crippen molar-refractivity contribution in [2.24, 2.45) is 0 Å². The third-order valence-electron chi connectivity index (χ3n) is 4.85. The molecule has 0 spiro atoms. The van der Waals surface area contributed by atoms with Crippen LogP contribution in [0.2, 0.25) is 0 Å². The van der Waals surface area contributed by atoms with E-state index >= 15 is 0 Å². The van der Waals surface area contributed by atoms with Gasteiger partial charge in [-0.05, 0) is 24.3 Å². The number of rotatable bonds is 5. The molecule has 3 aromatic rings. The number of nitrogens with zero attached hydrogens (tertiary/aromatic N) is 2. The molecule has 2 aromatic carbocycles. The second-order valence-electron chi connectivity index (χ2n) is 6.86. The largest absolute Gasteiger partial charge is 0.360 e. The number of hydrogen-bond acceptors (Lipinski definition) is 6. The first-order valence-corrected chi connectivity index (χ1v) is 10.6. The number of nitrogens with one attached hydrogen (secondary N) is 3. The summed E-state index contributed by atoms with van der Waals surface area (Å²) in [6.45, 7) is 0.104. The lowest BCUT2D eigenvalue weighted by atomic mass is 10.1. The van der Waals surface area contributed by atoms with Gasteiger partial charge in [0.1, 0.15) is 0 Å². The van der Waals surface area contributed by atoms with Crippen molar-refractivity contribution in [2.45, 2.75) is 4.90 Å². The van der Waals surface area contributed by atoms with E-state index in [1.54, 1.807) is 0 Å². The van der Waals surface area contributed by atoms with Gasteiger partial charge in [0.25, 0.3) is 11.6 Å². The van der Waals surface area contributed by atoms with Gasteiger partial charge in [0, 0.05) is 48.0 Å². The van der Waals surface area contributed by atoms with E-state index in [1.165, 1.54) is 48.7 Å². The minimum absolute atomic E-state index is 0.0606. The molecule has 0 atom stereocenters. The van der Waals surface area contributed by atoms with E-state index in [9.17, 15) is 28.1 Å². The van der Waals surface area contributed by atoms with Crippen molar-refractivity contribution in [2.75, 3.05) is 25.0 Å². The molecule has 0 aliphatic carbocycles. The SMILES string of the molecule is O=C1CN(S(=O)(=O)c2cccc(NC(=O)c3c[nH]c4ccc([N+](=O)[O-])cc34)c2)CCN1. The first kappa shape index (κ1) is 20.5. The van der Waals surface area contributed by atoms with Crippen molar-refractivity contribution in [3.05, 3.63) is 64.3 Å². The average Bonchev–Trinajstić information content (AvgIpc) is 3.17. The van der Waals surface area contributed by atoms with Crippen LogP contribution in [0.3, 0.4) is 0 Å². The van der Waals surface area contributed by atoms with Crippen LogP contribution in [0.1, 0.15) is 10.4 Å². The van der Waals surface area contributed by atoms with Gasteiger partial charge in [-0.3, -0.25) is 19.7 Å². The maximum Gasteiger partial charge on any atom is 0.270 e. The van der Waals surface area contributed by atoms with E-state index < -0.39 is 20.9 Å². The minimum Gasteiger partial charge on any atom is -0.360 e. The van der Waals surface area contributed by atoms with Gasteiger partial charge >= 0.3 is 0 Å². The van der Waals surface area contributed by atoms with E-state index in [-0.39, 0.29) is 47.4 Å². The second kappa shape index (κ2) is 7.81. The molecule has 12 heteroatoms. The number of anilines is 1. The first-order chi connectivity index (χ1) is 14.8. The van der Waals surface area contributed by atoms with Crippen LogP contribution < -0.4 is 10.6 Å². The number of nitro groups is 1. The number of non-ortho nitro benzene ring substituents is 1. The quantitative estimate of drug-likeness (QED) is 0.400. The number of fused-ring (bicyclic) bond motifs is 1. The third kappa shape index (κ3) is 3.98. The van der Waals surface area contributed by atoms with Gasteiger partial charge < -0.3 is 15.6 Å². The van der Waals surface area contributed by atoms with Crippen molar-refractivity contribution in [3.63, 3.8) is 0 Å². The van der Waals surface area contributed by atoms with E-state index in [0.29, 0.717) is 10.9 Å². The fraction of sp³-hybridized carbons (Fsp3) is 0.158. The highest BCUT2D eigenvalue weighted by atomic mass is 32.2. The van der Waals surface area contributed by atoms with Crippen LogP contribution in [0.5, 0.6) is 0 Å². The van der Waals surface area contributed by atoms with Crippen LogP contribution in [-0.4, -0.2) is 54.1 Å². The highest BCUT2D eigenvalue weighted by molar-refractivity contribution is 7.89. The molecular formula is C19H17N5O6S. The standard InChI is InChI=1S/C19H17N5O6S/c25-18-11-23(7-6-20-18)31(29,30)14-3-1-2-12(8-14)22-19(26)16-10-21-17-5-4-13(24(27)28)9-15(16)17/h1-5,8-10,21H,6-7,11H2,(H,20,25)(H,22,26). The Kier molecular flexibility index (Phi) is 5.17. The Bertz CT molecular complexity index is 1320. The lowest BCUT2D eigenvalue weighted by Crippen LogP contribution is -2.49. The van der Waals surface area contributed by atoms with Gasteiger partial charge in [0.15, 0.2) is 0 Å². The van der Waals surface area contributed by atoms with Gasteiger partial charge in [-0.15, -0.1) is 0 Å². The Balaban J connectivity index is 1.60. The molecule has 0 bridgehead atoms. The number of carbonyl (C=O) groups is 2. The van der Waals surface area contributed by atoms with E-state index in [0.717, 1.165) is 4.31 Å². The number of nitro benzene ring substituents is 1. The zero-order valence-corrected chi connectivity index (χ0v) is 16.8. The topological polar surface area (TPSA) is 155 Å². The molecule has 1 saturated heterocycles. The summed E-state index contributed by atoms with van der Waals surface area (Å²) in [5, 5.41) is 16.6. The molecular weight excluding hydrogens is 426 g/mol. The fourth-order valence-corrected chi connectivity index (χ4v) is 4.76. The molecule has 0 unspecified atom stereocenters. The van der Waals surface area contributed by atoms with Crippen molar-refractivity contribution >= 4 is 44.1 Å². The summed E-state index contributed by atoms with van der Waals surface area (Å²) < 4.78 is 26.8. The number of amides is 2. The maximum atomic E-state index is 12.8. The molecule has 1 fully saturated rings. The number of carbonyl (C=O) groups excluding carboxylic acids is 2. The van der Waals surface area contributed by atoms with Crippen LogP contribution in [-0.2, 0) is 14.8 Å². The van der Waals surface area contributed by atoms with Gasteiger partial charge in [0.2, 0.25) is 15.9 Å². The highest BCUT2D eigenvalue weighted by Crippen LogP contribution is 2.25. The Morgan fingerprint density at radius 2 is 2.00 bits per heavy atom. The Morgan fingerprint density at radius 1 is 1.19 bits per heavy atom. The van der Waals surface area contributed by atoms with Crippen molar-refractivity contribution in [3.8, 4) is 0 Å². The summed E-state index contributed by atoms with van der Waals surface area (Å²) in [5.41, 5.74) is 0.808. The predicted octanol–water partition coefficient (Wildman–Crippen LogP) is 1.45. The normalized spacial score (nSPS) is 14.9. The summed E-state index contributed by atoms with van der Waals surface area (Å²) in [7, 11) is -3.92. The first-order valence-electron chi connectivity index (χ1n) is 9.19. The Morgan fingerprint density at radius 3 is 2.74 bits per heavy atom. The molecule has 2 amide bonds. The zero-order valence-electron chi connectivity index (χ0n) is 16.0. The van der Waals surface area contributed by atoms with Gasteiger partial charge in [-0.2, -0.15) is 4.31 Å². The van der Waals surface area contributed by atoms with E-state index in [1.807, 2.05) is 0 Å². The summed E-state index contributed by atoms with van der Waals surface area (Å²) in [5.74, 6) is -0.939. The molecule has 1 aliphatic heterocycles. The number of aromatic amines is 1. The monoisotopic (exact) mass is 443 g/mol. The molecule has 2 heterocycles. The van der Waals surface area contributed by atoms with E-state index in [2.05, 4.69) is 15.6 Å². The average molecular weight is 443 g/mol. The number of sulfonamides is 1. The molecule has 0 saturated carbocycles. The van der Waals surface area contributed by atoms with Crippen LogP contribution in [0.4, 0.5) is 11.4 Å². The smallest absolute Gasteiger partial charge is 0.270 e. The Labute approximate surface area is 176 Å². The van der Waals surface area contributed by atoms with E-state index in [4.69, 9.17) is 0 Å². The molecule has 31 heavy (non-hydrogen) atoms. The van der Waals surface area contributed by atoms with Gasteiger partial charge in [0.05, 0.1) is 21.9 Å². The van der Waals surface area contributed by atoms with Crippen molar-refractivity contribution < 1.29 is 22.9 Å². The molecule has 4 rings (SSSR count). The van der Waals surface area contributed by atoms with Crippen LogP contribution in [0, 0.1) is 10.1 Å². The second-order valence-corrected chi connectivity index (χ2v) is 8.80. The van der Waals surface area contributed by atoms with Crippen molar-refractivity contribution in [1.29, 1.82) is 0 Å². The molecule has 11 nitrogen and oxygen atoms in total. The number of aromatic nitrogens is 1. The number of hydrogen-bond donors (Lipinski definition) is 3. The van der Waals surface area contributed by atoms with Crippen molar-refractivity contribution in [1.82, 2.24) is 14.6 Å². The van der Waals surface area contributed by atoms with Gasteiger partial charge in [-0.25, -0.2) is 8.42 Å². The lowest BCUT2D eigenvalue weighted by molar-refractivity contribution is -0.384. The van der Waals surface area contributed by atoms with Gasteiger partial charge in [-0.1, -0.05) is 6.07 Å². The number of piperazine rings is 1. The molecule has 160 valence electrons. The van der Waals surface area contributed by atoms with Crippen LogP contribution in [0.15, 0.2) is 53.6 Å². The number of benzene rings is 2. The molecule has 1 aromatic heterocycles. The third-order valence-corrected chi connectivity index (χ3v) is 6.69. The highest BCUT2D eigenvalue weighted by Gasteiger charge is 2.29. The van der Waals surface area contributed by atoms with Crippen LogP contribution >= 0.6 is 0 Å². The van der Waals surface area contributed by atoms with Crippen LogP contribution in [0.25, 0.3) is 10.9 Å². The predicted molar refractivity (Wildman–Crippen MR) is 111 cm³/mol. The molecule has 1 aliphatic rings. The summed E-state index contributed by atoms with van der Waals surface area (Å²) >= 11 is 0. The summed E-state index contributed by atoms with van der Waals surface area (Å²) in [6.07, 6.45) is 1.43. The zero-order chi connectivity index (χ0) is 22.2. The minimum atomic E-state index is -3.92. The summed E-state index contributed by atoms with van der Waals surface area (Å²) in [6, 6.07) is 9.82. The Hall–Kier alpha value is -3.77. The number of H-pyrrole nitrogens is 1. The fourth-order valence-electron chi connectivity index (χ4n) is 3.31.